The standard InChI is InChI=1S/C43H75NOSSi7/c1-31-27-32(2)38(33(3)28-31)53(45-43(46-53)44-35-25-23-22-24-26-35)39-36(41(49(10,11)12)50(13,14)15)29-34(40(47(4,5)6)48(7,8)9)30-37(39)42(51(16,17)18)52(19,20)21/h22-30,40-42H,1-21H3. The van der Waals surface area contributed by atoms with Gasteiger partial charge in [0.2, 0.25) is 5.23 Å². The third-order valence-electron chi connectivity index (χ3n) is 11.1. The Kier molecular flexibility index (Phi) is 12.7. The predicted octanol–water partition coefficient (Wildman–Crippen LogP) is 13.1. The summed E-state index contributed by atoms with van der Waals surface area (Å²) in [5.41, 5.74) is 10.2. The van der Waals surface area contributed by atoms with Gasteiger partial charge < -0.3 is 4.43 Å². The van der Waals surface area contributed by atoms with Gasteiger partial charge in [-0.05, 0) is 97.8 Å². The van der Waals surface area contributed by atoms with Crippen LogP contribution in [0, 0.1) is 20.8 Å². The summed E-state index contributed by atoms with van der Waals surface area (Å²) in [6.45, 7) is 54.9. The molecule has 1 aliphatic heterocycles. The summed E-state index contributed by atoms with van der Waals surface area (Å²) in [6.07, 6.45) is 0. The number of hydrogen-bond donors (Lipinski definition) is 0. The molecule has 1 fully saturated rings. The molecule has 3 aromatic carbocycles. The van der Waals surface area contributed by atoms with Crippen molar-refractivity contribution >= 4 is 88.4 Å². The Morgan fingerprint density at radius 3 is 1.21 bits per heavy atom. The summed E-state index contributed by atoms with van der Waals surface area (Å²) in [5, 5.41) is 5.87. The van der Waals surface area contributed by atoms with Gasteiger partial charge in [0.15, 0.2) is 0 Å². The average Bonchev–Trinajstić information content (AvgIpc) is 2.86. The number of benzene rings is 3. The molecule has 0 radical (unpaired) electrons. The molecule has 0 N–H and O–H groups in total. The number of hydrogen-bond acceptors (Lipinski definition) is 3. The first-order chi connectivity index (χ1) is 23.8. The van der Waals surface area contributed by atoms with Gasteiger partial charge in [-0.2, -0.15) is 0 Å². The molecule has 0 amide bonds. The van der Waals surface area contributed by atoms with Crippen LogP contribution in [0.4, 0.5) is 5.69 Å². The van der Waals surface area contributed by atoms with Gasteiger partial charge in [-0.3, -0.25) is 0 Å². The molecular weight excluding hydrogens is 775 g/mol. The van der Waals surface area contributed by atoms with Crippen molar-refractivity contribution in [2.75, 3.05) is 0 Å². The summed E-state index contributed by atoms with van der Waals surface area (Å²) in [5.74, 6) is 0. The highest BCUT2D eigenvalue weighted by Crippen LogP contribution is 2.48. The Hall–Kier alpha value is -1.00. The largest absolute Gasteiger partial charge is 0.507 e. The molecule has 0 bridgehead atoms. The Balaban J connectivity index is 2.38. The number of aliphatic imine (C=N–C) groups is 1. The van der Waals surface area contributed by atoms with E-state index in [0.29, 0.717) is 15.5 Å². The van der Waals surface area contributed by atoms with Crippen molar-refractivity contribution < 1.29 is 4.43 Å². The minimum Gasteiger partial charge on any atom is -0.507 e. The van der Waals surface area contributed by atoms with Crippen LogP contribution in [0.1, 0.15) is 48.9 Å². The van der Waals surface area contributed by atoms with Crippen LogP contribution >= 0.6 is 11.2 Å². The van der Waals surface area contributed by atoms with Gasteiger partial charge in [0, 0.05) is 48.4 Å². The van der Waals surface area contributed by atoms with Crippen molar-refractivity contribution in [3.8, 4) is 0 Å². The number of para-hydroxylation sites is 1. The zero-order valence-electron chi connectivity index (χ0n) is 37.7. The lowest BCUT2D eigenvalue weighted by Crippen LogP contribution is -2.70. The molecule has 1 saturated heterocycles. The van der Waals surface area contributed by atoms with E-state index in [1.807, 2.05) is 11.2 Å². The van der Waals surface area contributed by atoms with Gasteiger partial charge in [-0.25, -0.2) is 4.99 Å². The van der Waals surface area contributed by atoms with Crippen molar-refractivity contribution in [1.82, 2.24) is 0 Å². The fourth-order valence-electron chi connectivity index (χ4n) is 11.4. The van der Waals surface area contributed by atoms with Gasteiger partial charge in [0.05, 0.1) is 5.69 Å². The van der Waals surface area contributed by atoms with E-state index in [2.05, 4.69) is 193 Å². The van der Waals surface area contributed by atoms with E-state index in [9.17, 15) is 0 Å². The number of rotatable bonds is 12. The maximum Gasteiger partial charge on any atom is 0.390 e. The lowest BCUT2D eigenvalue weighted by atomic mass is 10.1. The summed E-state index contributed by atoms with van der Waals surface area (Å²) in [7, 11) is -13.1. The predicted molar refractivity (Wildman–Crippen MR) is 263 cm³/mol. The lowest BCUT2D eigenvalue weighted by Gasteiger charge is -2.50. The van der Waals surface area contributed by atoms with Gasteiger partial charge in [0.1, 0.15) is 0 Å². The number of nitrogens with zero attached hydrogens (tertiary/aromatic N) is 1. The van der Waals surface area contributed by atoms with Crippen LogP contribution in [0.3, 0.4) is 0 Å². The Labute approximate surface area is 337 Å². The molecular formula is C43H75NOSSi7. The van der Waals surface area contributed by atoms with Crippen LogP contribution in [-0.2, 0) is 4.43 Å². The van der Waals surface area contributed by atoms with Gasteiger partial charge >= 0.3 is 7.47 Å². The quantitative estimate of drug-likeness (QED) is 0.169. The minimum atomic E-state index is -2.91. The Morgan fingerprint density at radius 1 is 0.509 bits per heavy atom. The highest BCUT2D eigenvalue weighted by atomic mass is 32.4. The minimum absolute atomic E-state index is 0.603. The van der Waals surface area contributed by atoms with Crippen LogP contribution in [0.2, 0.25) is 118 Å². The second-order valence-corrected chi connectivity index (χ2v) is 61.8. The summed E-state index contributed by atoms with van der Waals surface area (Å²) >= 11 is 2.03. The lowest BCUT2D eigenvalue weighted by molar-refractivity contribution is 0.583. The van der Waals surface area contributed by atoms with Crippen molar-refractivity contribution in [1.29, 1.82) is 0 Å². The van der Waals surface area contributed by atoms with Crippen LogP contribution in [-0.4, -0.2) is 61.1 Å². The van der Waals surface area contributed by atoms with Gasteiger partial charge in [-0.15, -0.1) is 0 Å². The van der Waals surface area contributed by atoms with Crippen LogP contribution < -0.4 is 10.4 Å². The van der Waals surface area contributed by atoms with Crippen LogP contribution in [0.25, 0.3) is 0 Å². The maximum atomic E-state index is 7.70. The molecule has 1 atom stereocenters. The molecule has 2 nitrogen and oxygen atoms in total. The topological polar surface area (TPSA) is 21.6 Å². The molecule has 53 heavy (non-hydrogen) atoms. The SMILES string of the molecule is Cc1cc(C)c([Si]2(c3c(C([Si](C)(C)C)[Si](C)(C)C)cc(C([Si](C)(C)C)[Si](C)(C)C)cc3C([Si](C)(C)C)[Si](C)(C)C)OC(=Nc3ccccc3)S2)c(C)c1. The third kappa shape index (κ3) is 9.59. The number of aryl methyl sites for hydroxylation is 3. The van der Waals surface area contributed by atoms with Crippen LogP contribution in [0.5, 0.6) is 0 Å². The van der Waals surface area contributed by atoms with Crippen molar-refractivity contribution in [2.24, 2.45) is 4.99 Å². The summed E-state index contributed by atoms with van der Waals surface area (Å²) < 4.78 is 7.70. The van der Waals surface area contributed by atoms with Crippen LogP contribution in [0.15, 0.2) is 59.6 Å². The molecule has 1 aliphatic rings. The fourth-order valence-corrected chi connectivity index (χ4v) is 57.6. The smallest absolute Gasteiger partial charge is 0.390 e. The maximum absolute atomic E-state index is 7.70. The van der Waals surface area contributed by atoms with E-state index in [4.69, 9.17) is 9.42 Å². The second-order valence-electron chi connectivity index (χ2n) is 22.9. The molecule has 0 aliphatic carbocycles. The fraction of sp³-hybridized carbons (Fsp3) is 0.558. The monoisotopic (exact) mass is 849 g/mol. The van der Waals surface area contributed by atoms with Crippen molar-refractivity contribution in [3.63, 3.8) is 0 Å². The average molecular weight is 851 g/mol. The van der Waals surface area contributed by atoms with Crippen molar-refractivity contribution in [3.05, 3.63) is 88.0 Å². The van der Waals surface area contributed by atoms with E-state index in [1.165, 1.54) is 21.9 Å². The molecule has 1 heterocycles. The van der Waals surface area contributed by atoms with Crippen molar-refractivity contribution in [2.45, 2.75) is 154 Å². The summed E-state index contributed by atoms with van der Waals surface area (Å²) in [6, 6.07) is 21.0. The third-order valence-corrected chi connectivity index (χ3v) is 45.8. The Bertz CT molecular complexity index is 1710. The highest BCUT2D eigenvalue weighted by molar-refractivity contribution is 8.43. The van der Waals surface area contributed by atoms with E-state index >= 15 is 0 Å². The van der Waals surface area contributed by atoms with E-state index in [1.54, 1.807) is 21.9 Å². The molecule has 0 spiro atoms. The first-order valence-corrected chi connectivity index (χ1v) is 45.0. The zero-order valence-corrected chi connectivity index (χ0v) is 45.5. The molecule has 0 saturated carbocycles. The molecule has 0 aromatic heterocycles. The molecule has 292 valence electrons. The normalized spacial score (nSPS) is 18.6. The van der Waals surface area contributed by atoms with Gasteiger partial charge in [-0.1, -0.05) is 166 Å². The Morgan fingerprint density at radius 2 is 0.868 bits per heavy atom. The van der Waals surface area contributed by atoms with Gasteiger partial charge in [0.25, 0.3) is 0 Å². The molecule has 3 aromatic rings. The molecule has 1 unspecified atom stereocenters. The van der Waals surface area contributed by atoms with E-state index in [0.717, 1.165) is 10.9 Å². The van der Waals surface area contributed by atoms with E-state index < -0.39 is 55.9 Å². The molecule has 4 rings (SSSR count). The van der Waals surface area contributed by atoms with E-state index in [-0.39, 0.29) is 0 Å². The first-order valence-electron chi connectivity index (χ1n) is 20.1. The highest BCUT2D eigenvalue weighted by Gasteiger charge is 2.60. The summed E-state index contributed by atoms with van der Waals surface area (Å²) in [4.78, 5) is 5.18. The molecule has 10 heteroatoms. The second kappa shape index (κ2) is 15.1. The first kappa shape index (κ1) is 44.7. The zero-order chi connectivity index (χ0) is 40.5.